The highest BCUT2D eigenvalue weighted by Crippen LogP contribution is 2.21. The van der Waals surface area contributed by atoms with Gasteiger partial charge in [-0.1, -0.05) is 19.4 Å². The summed E-state index contributed by atoms with van der Waals surface area (Å²) in [5.74, 6) is 1.44. The Morgan fingerprint density at radius 1 is 1.40 bits per heavy atom. The van der Waals surface area contributed by atoms with Crippen LogP contribution < -0.4 is 5.43 Å². The van der Waals surface area contributed by atoms with Crippen molar-refractivity contribution >= 4 is 11.5 Å². The Kier molecular flexibility index (Phi) is 3.33. The highest BCUT2D eigenvalue weighted by Gasteiger charge is 2.15. The molecule has 3 heteroatoms. The first-order chi connectivity index (χ1) is 7.36. The van der Waals surface area contributed by atoms with Gasteiger partial charge in [-0.3, -0.25) is 5.43 Å². The third-order valence-corrected chi connectivity index (χ3v) is 2.87. The Hall–Kier alpha value is -1.38. The molecule has 1 aromatic heterocycles. The summed E-state index contributed by atoms with van der Waals surface area (Å²) in [6.07, 6.45) is 6.77. The molecule has 0 saturated heterocycles. The number of rotatable bonds is 2. The van der Waals surface area contributed by atoms with Gasteiger partial charge in [-0.25, -0.2) is 4.98 Å². The first-order valence-corrected chi connectivity index (χ1v) is 5.60. The van der Waals surface area contributed by atoms with Crippen molar-refractivity contribution in [2.45, 2.75) is 32.6 Å². The normalized spacial score (nSPS) is 24.1. The lowest BCUT2D eigenvalue weighted by atomic mass is 9.89. The van der Waals surface area contributed by atoms with Crippen LogP contribution in [0.3, 0.4) is 0 Å². The van der Waals surface area contributed by atoms with E-state index in [0.29, 0.717) is 5.92 Å². The van der Waals surface area contributed by atoms with Gasteiger partial charge < -0.3 is 0 Å². The maximum absolute atomic E-state index is 4.44. The van der Waals surface area contributed by atoms with Crippen molar-refractivity contribution in [2.24, 2.45) is 11.0 Å². The number of aromatic nitrogens is 1. The Balaban J connectivity index is 1.98. The highest BCUT2D eigenvalue weighted by atomic mass is 15.3. The first-order valence-electron chi connectivity index (χ1n) is 5.60. The van der Waals surface area contributed by atoms with E-state index in [1.165, 1.54) is 25.0 Å². The zero-order valence-electron chi connectivity index (χ0n) is 9.11. The molecule has 0 amide bonds. The third-order valence-electron chi connectivity index (χ3n) is 2.87. The van der Waals surface area contributed by atoms with Crippen LogP contribution in [0, 0.1) is 5.92 Å². The second kappa shape index (κ2) is 4.91. The molecule has 80 valence electrons. The van der Waals surface area contributed by atoms with Crippen LogP contribution in [0.4, 0.5) is 5.82 Å². The van der Waals surface area contributed by atoms with Gasteiger partial charge in [0.15, 0.2) is 0 Å². The van der Waals surface area contributed by atoms with E-state index in [-0.39, 0.29) is 0 Å². The van der Waals surface area contributed by atoms with Gasteiger partial charge in [0.25, 0.3) is 0 Å². The molecule has 1 aliphatic carbocycles. The van der Waals surface area contributed by atoms with Gasteiger partial charge in [0.05, 0.1) is 0 Å². The zero-order chi connectivity index (χ0) is 10.5. The topological polar surface area (TPSA) is 37.3 Å². The van der Waals surface area contributed by atoms with E-state index in [1.807, 2.05) is 18.2 Å². The average molecular weight is 203 g/mol. The fourth-order valence-corrected chi connectivity index (χ4v) is 1.89. The molecule has 3 nitrogen and oxygen atoms in total. The van der Waals surface area contributed by atoms with Crippen molar-refractivity contribution in [2.75, 3.05) is 5.43 Å². The van der Waals surface area contributed by atoms with Crippen molar-refractivity contribution in [3.8, 4) is 0 Å². The van der Waals surface area contributed by atoms with Gasteiger partial charge >= 0.3 is 0 Å². The lowest BCUT2D eigenvalue weighted by Gasteiger charge is -2.19. The van der Waals surface area contributed by atoms with Gasteiger partial charge in [0.2, 0.25) is 0 Å². The number of anilines is 1. The molecule has 1 saturated carbocycles. The molecule has 1 atom stereocenters. The first kappa shape index (κ1) is 10.1. The summed E-state index contributed by atoms with van der Waals surface area (Å²) >= 11 is 0. The van der Waals surface area contributed by atoms with Gasteiger partial charge in [-0.05, 0) is 37.3 Å². The van der Waals surface area contributed by atoms with E-state index in [9.17, 15) is 0 Å². The lowest BCUT2D eigenvalue weighted by molar-refractivity contribution is 0.558. The number of hydrazone groups is 1. The van der Waals surface area contributed by atoms with Crippen LogP contribution >= 0.6 is 0 Å². The number of hydrogen-bond donors (Lipinski definition) is 1. The van der Waals surface area contributed by atoms with E-state index in [4.69, 9.17) is 0 Å². The fraction of sp³-hybridized carbons (Fsp3) is 0.500. The van der Waals surface area contributed by atoms with Crippen LogP contribution in [0.5, 0.6) is 0 Å². The molecule has 1 heterocycles. The fourth-order valence-electron chi connectivity index (χ4n) is 1.89. The maximum atomic E-state index is 4.44. The Morgan fingerprint density at radius 2 is 2.33 bits per heavy atom. The van der Waals surface area contributed by atoms with E-state index in [2.05, 4.69) is 22.4 Å². The molecule has 2 rings (SSSR count). The molecule has 1 N–H and O–H groups in total. The minimum absolute atomic E-state index is 0.620. The van der Waals surface area contributed by atoms with Gasteiger partial charge in [0.1, 0.15) is 5.82 Å². The van der Waals surface area contributed by atoms with E-state index in [1.54, 1.807) is 6.20 Å². The van der Waals surface area contributed by atoms with Crippen LogP contribution in [0.1, 0.15) is 32.6 Å². The standard InChI is InChI=1S/C12H17N3/c1-10-6-2-3-7-11(10)14-15-12-8-4-5-9-13-12/h4-5,8-10H,2-3,6-7H2,1H3,(H,13,15)/b14-11-/t10-/m0/s1. The molecule has 0 bridgehead atoms. The quantitative estimate of drug-likeness (QED) is 0.750. The van der Waals surface area contributed by atoms with E-state index >= 15 is 0 Å². The van der Waals surface area contributed by atoms with Crippen molar-refractivity contribution < 1.29 is 0 Å². The van der Waals surface area contributed by atoms with Crippen LogP contribution in [0.2, 0.25) is 0 Å². The summed E-state index contributed by atoms with van der Waals surface area (Å²) in [5, 5.41) is 4.44. The maximum Gasteiger partial charge on any atom is 0.146 e. The van der Waals surface area contributed by atoms with Crippen LogP contribution in [0.15, 0.2) is 29.5 Å². The predicted octanol–water partition coefficient (Wildman–Crippen LogP) is 3.06. The summed E-state index contributed by atoms with van der Waals surface area (Å²) in [4.78, 5) is 4.17. The van der Waals surface area contributed by atoms with Crippen molar-refractivity contribution in [3.05, 3.63) is 24.4 Å². The number of pyridine rings is 1. The Bertz CT molecular complexity index is 332. The molecule has 1 fully saturated rings. The summed E-state index contributed by atoms with van der Waals surface area (Å²) < 4.78 is 0. The minimum atomic E-state index is 0.620. The molecule has 0 unspecified atom stereocenters. The molecule has 1 aliphatic rings. The number of nitrogens with zero attached hydrogens (tertiary/aromatic N) is 2. The van der Waals surface area contributed by atoms with Crippen molar-refractivity contribution in [1.82, 2.24) is 4.98 Å². The van der Waals surface area contributed by atoms with Gasteiger partial charge in [0, 0.05) is 11.9 Å². The van der Waals surface area contributed by atoms with Crippen LogP contribution in [-0.2, 0) is 0 Å². The molecule has 0 radical (unpaired) electrons. The van der Waals surface area contributed by atoms with Gasteiger partial charge in [-0.2, -0.15) is 5.10 Å². The summed E-state index contributed by atoms with van der Waals surface area (Å²) in [6.45, 7) is 2.25. The third kappa shape index (κ3) is 2.78. The molecule has 1 aromatic rings. The predicted molar refractivity (Wildman–Crippen MR) is 62.9 cm³/mol. The summed E-state index contributed by atoms with van der Waals surface area (Å²) in [6, 6.07) is 5.79. The second-order valence-corrected chi connectivity index (χ2v) is 4.08. The van der Waals surface area contributed by atoms with Crippen molar-refractivity contribution in [1.29, 1.82) is 0 Å². The average Bonchev–Trinajstić information content (AvgIpc) is 2.29. The Labute approximate surface area is 90.6 Å². The highest BCUT2D eigenvalue weighted by molar-refractivity contribution is 5.87. The van der Waals surface area contributed by atoms with Crippen LogP contribution in [-0.4, -0.2) is 10.7 Å². The molecule has 0 aliphatic heterocycles. The molecule has 15 heavy (non-hydrogen) atoms. The SMILES string of the molecule is C[C@H]1CCCC/C1=N/Nc1ccccn1. The molecule has 0 spiro atoms. The summed E-state index contributed by atoms with van der Waals surface area (Å²) in [7, 11) is 0. The second-order valence-electron chi connectivity index (χ2n) is 4.08. The largest absolute Gasteiger partial charge is 0.261 e. The van der Waals surface area contributed by atoms with Gasteiger partial charge in [-0.15, -0.1) is 0 Å². The Morgan fingerprint density at radius 3 is 3.07 bits per heavy atom. The van der Waals surface area contributed by atoms with E-state index in [0.717, 1.165) is 12.2 Å². The number of hydrogen-bond acceptors (Lipinski definition) is 3. The molecule has 0 aromatic carbocycles. The smallest absolute Gasteiger partial charge is 0.146 e. The van der Waals surface area contributed by atoms with E-state index < -0.39 is 0 Å². The molecular formula is C12H17N3. The minimum Gasteiger partial charge on any atom is -0.261 e. The lowest BCUT2D eigenvalue weighted by Crippen LogP contribution is -2.17. The molecular weight excluding hydrogens is 186 g/mol. The van der Waals surface area contributed by atoms with Crippen molar-refractivity contribution in [3.63, 3.8) is 0 Å². The zero-order valence-corrected chi connectivity index (χ0v) is 9.11. The van der Waals surface area contributed by atoms with Crippen LogP contribution in [0.25, 0.3) is 0 Å². The number of nitrogens with one attached hydrogen (secondary N) is 1. The summed E-state index contributed by atoms with van der Waals surface area (Å²) in [5.41, 5.74) is 4.31. The monoisotopic (exact) mass is 203 g/mol.